The zero-order chi connectivity index (χ0) is 17.4. The van der Waals surface area contributed by atoms with E-state index >= 15 is 0 Å². The SMILES string of the molecule is CCC(O)CCNC(=O)c1ccc(Sc2ccccc2C#N)cc1. The van der Waals surface area contributed by atoms with Crippen molar-refractivity contribution in [1.82, 2.24) is 5.32 Å². The summed E-state index contributed by atoms with van der Waals surface area (Å²) in [6.07, 6.45) is 0.872. The Morgan fingerprint density at radius 3 is 2.62 bits per heavy atom. The van der Waals surface area contributed by atoms with E-state index in [1.165, 1.54) is 11.8 Å². The lowest BCUT2D eigenvalue weighted by Crippen LogP contribution is -2.26. The average Bonchev–Trinajstić information content (AvgIpc) is 2.62. The van der Waals surface area contributed by atoms with Gasteiger partial charge in [0.1, 0.15) is 6.07 Å². The van der Waals surface area contributed by atoms with E-state index in [2.05, 4.69) is 11.4 Å². The fourth-order valence-corrected chi connectivity index (χ4v) is 3.00. The van der Waals surface area contributed by atoms with Crippen LogP contribution in [0, 0.1) is 11.3 Å². The van der Waals surface area contributed by atoms with Gasteiger partial charge in [-0.15, -0.1) is 0 Å². The Kier molecular flexibility index (Phi) is 6.86. The van der Waals surface area contributed by atoms with E-state index in [4.69, 9.17) is 5.26 Å². The maximum atomic E-state index is 12.0. The molecule has 1 amide bonds. The highest BCUT2D eigenvalue weighted by atomic mass is 32.2. The molecule has 2 aromatic carbocycles. The lowest BCUT2D eigenvalue weighted by molar-refractivity contribution is 0.0942. The third kappa shape index (κ3) is 5.12. The van der Waals surface area contributed by atoms with Crippen LogP contribution < -0.4 is 5.32 Å². The molecule has 2 N–H and O–H groups in total. The van der Waals surface area contributed by atoms with Crippen LogP contribution in [0.5, 0.6) is 0 Å². The molecule has 2 rings (SSSR count). The minimum absolute atomic E-state index is 0.146. The predicted octanol–water partition coefficient (Wildman–Crippen LogP) is 3.60. The first-order valence-electron chi connectivity index (χ1n) is 7.87. The molecule has 124 valence electrons. The first-order chi connectivity index (χ1) is 11.6. The second-order valence-electron chi connectivity index (χ2n) is 5.34. The van der Waals surface area contributed by atoms with Gasteiger partial charge >= 0.3 is 0 Å². The van der Waals surface area contributed by atoms with Crippen LogP contribution in [0.3, 0.4) is 0 Å². The lowest BCUT2D eigenvalue weighted by atomic mass is 10.2. The summed E-state index contributed by atoms with van der Waals surface area (Å²) in [5.74, 6) is -0.146. The molecule has 0 radical (unpaired) electrons. The molecule has 0 aliphatic heterocycles. The number of carbonyl (C=O) groups is 1. The molecule has 0 saturated heterocycles. The third-order valence-corrected chi connectivity index (χ3v) is 4.67. The van der Waals surface area contributed by atoms with Crippen molar-refractivity contribution in [3.8, 4) is 6.07 Å². The minimum atomic E-state index is -0.371. The minimum Gasteiger partial charge on any atom is -0.393 e. The molecule has 1 unspecified atom stereocenters. The van der Waals surface area contributed by atoms with Crippen LogP contribution in [-0.4, -0.2) is 23.7 Å². The normalized spacial score (nSPS) is 11.5. The highest BCUT2D eigenvalue weighted by Gasteiger charge is 2.08. The monoisotopic (exact) mass is 340 g/mol. The molecule has 0 bridgehead atoms. The van der Waals surface area contributed by atoms with Gasteiger partial charge < -0.3 is 10.4 Å². The Bertz CT molecular complexity index is 723. The Morgan fingerprint density at radius 1 is 1.25 bits per heavy atom. The second kappa shape index (κ2) is 9.11. The molecular formula is C19H20N2O2S. The highest BCUT2D eigenvalue weighted by Crippen LogP contribution is 2.30. The predicted molar refractivity (Wildman–Crippen MR) is 95.0 cm³/mol. The Balaban J connectivity index is 1.95. The van der Waals surface area contributed by atoms with Crippen LogP contribution >= 0.6 is 11.8 Å². The number of benzene rings is 2. The van der Waals surface area contributed by atoms with Gasteiger partial charge in [-0.05, 0) is 49.2 Å². The summed E-state index contributed by atoms with van der Waals surface area (Å²) >= 11 is 1.50. The van der Waals surface area contributed by atoms with Crippen molar-refractivity contribution in [1.29, 1.82) is 5.26 Å². The number of nitrogens with one attached hydrogen (secondary N) is 1. The lowest BCUT2D eigenvalue weighted by Gasteiger charge is -2.09. The molecule has 5 heteroatoms. The van der Waals surface area contributed by atoms with Crippen LogP contribution in [0.15, 0.2) is 58.3 Å². The third-order valence-electron chi connectivity index (χ3n) is 3.59. The van der Waals surface area contributed by atoms with Gasteiger partial charge in [0, 0.05) is 21.9 Å². The standard InChI is InChI=1S/C19H20N2O2S/c1-2-16(22)11-12-21-19(23)14-7-9-17(10-8-14)24-18-6-4-3-5-15(18)13-20/h3-10,16,22H,2,11-12H2,1H3,(H,21,23). The summed E-state index contributed by atoms with van der Waals surface area (Å²) in [5.41, 5.74) is 1.22. The number of amides is 1. The quantitative estimate of drug-likeness (QED) is 0.808. The zero-order valence-electron chi connectivity index (χ0n) is 13.5. The van der Waals surface area contributed by atoms with Crippen LogP contribution in [0.2, 0.25) is 0 Å². The molecule has 0 aliphatic rings. The maximum Gasteiger partial charge on any atom is 0.251 e. The van der Waals surface area contributed by atoms with E-state index in [0.717, 1.165) is 9.79 Å². The van der Waals surface area contributed by atoms with Crippen molar-refractivity contribution >= 4 is 17.7 Å². The fraction of sp³-hybridized carbons (Fsp3) is 0.263. The molecule has 0 aliphatic carbocycles. The second-order valence-corrected chi connectivity index (χ2v) is 6.46. The van der Waals surface area contributed by atoms with Gasteiger partial charge in [0.2, 0.25) is 0 Å². The average molecular weight is 340 g/mol. The number of nitrogens with zero attached hydrogens (tertiary/aromatic N) is 1. The van der Waals surface area contributed by atoms with Gasteiger partial charge in [-0.1, -0.05) is 30.8 Å². The zero-order valence-corrected chi connectivity index (χ0v) is 14.3. The number of aliphatic hydroxyl groups excluding tert-OH is 1. The number of aliphatic hydroxyl groups is 1. The topological polar surface area (TPSA) is 73.1 Å². The van der Waals surface area contributed by atoms with E-state index in [1.807, 2.05) is 37.3 Å². The maximum absolute atomic E-state index is 12.0. The fourth-order valence-electron chi connectivity index (χ4n) is 2.11. The molecule has 4 nitrogen and oxygen atoms in total. The van der Waals surface area contributed by atoms with Crippen molar-refractivity contribution in [2.24, 2.45) is 0 Å². The van der Waals surface area contributed by atoms with Crippen LogP contribution in [0.1, 0.15) is 35.7 Å². The summed E-state index contributed by atoms with van der Waals surface area (Å²) in [6.45, 7) is 2.37. The molecule has 0 aromatic heterocycles. The Hall–Kier alpha value is -2.29. The van der Waals surface area contributed by atoms with E-state index in [-0.39, 0.29) is 12.0 Å². The van der Waals surface area contributed by atoms with Crippen molar-refractivity contribution in [3.63, 3.8) is 0 Å². The first kappa shape index (κ1) is 18.1. The molecule has 1 atom stereocenters. The van der Waals surface area contributed by atoms with Crippen LogP contribution in [-0.2, 0) is 0 Å². The molecule has 0 heterocycles. The number of rotatable bonds is 7. The molecule has 0 spiro atoms. The molecule has 0 saturated carbocycles. The van der Waals surface area contributed by atoms with E-state index in [0.29, 0.717) is 30.5 Å². The molecular weight excluding hydrogens is 320 g/mol. The van der Waals surface area contributed by atoms with E-state index in [9.17, 15) is 9.90 Å². The number of hydrogen-bond donors (Lipinski definition) is 2. The van der Waals surface area contributed by atoms with Gasteiger partial charge in [-0.2, -0.15) is 5.26 Å². The molecule has 24 heavy (non-hydrogen) atoms. The Morgan fingerprint density at radius 2 is 1.96 bits per heavy atom. The van der Waals surface area contributed by atoms with Gasteiger partial charge in [-0.25, -0.2) is 0 Å². The first-order valence-corrected chi connectivity index (χ1v) is 8.69. The number of hydrogen-bond acceptors (Lipinski definition) is 4. The van der Waals surface area contributed by atoms with Gasteiger partial charge in [-0.3, -0.25) is 4.79 Å². The summed E-state index contributed by atoms with van der Waals surface area (Å²) in [7, 11) is 0. The van der Waals surface area contributed by atoms with E-state index in [1.54, 1.807) is 18.2 Å². The smallest absolute Gasteiger partial charge is 0.251 e. The summed E-state index contributed by atoms with van der Waals surface area (Å²) in [4.78, 5) is 13.9. The van der Waals surface area contributed by atoms with Crippen molar-refractivity contribution in [2.75, 3.05) is 6.54 Å². The van der Waals surface area contributed by atoms with Crippen molar-refractivity contribution < 1.29 is 9.90 Å². The summed E-state index contributed by atoms with van der Waals surface area (Å²) in [5, 5.41) is 21.4. The summed E-state index contributed by atoms with van der Waals surface area (Å²) in [6, 6.07) is 16.9. The van der Waals surface area contributed by atoms with Crippen LogP contribution in [0.25, 0.3) is 0 Å². The van der Waals surface area contributed by atoms with Gasteiger partial charge in [0.25, 0.3) is 5.91 Å². The number of carbonyl (C=O) groups excluding carboxylic acids is 1. The largest absolute Gasteiger partial charge is 0.393 e. The van der Waals surface area contributed by atoms with Crippen molar-refractivity contribution in [3.05, 3.63) is 59.7 Å². The summed E-state index contributed by atoms with van der Waals surface area (Å²) < 4.78 is 0. The van der Waals surface area contributed by atoms with E-state index < -0.39 is 0 Å². The van der Waals surface area contributed by atoms with Crippen LogP contribution in [0.4, 0.5) is 0 Å². The van der Waals surface area contributed by atoms with Gasteiger partial charge in [0.15, 0.2) is 0 Å². The molecule has 2 aromatic rings. The Labute approximate surface area is 146 Å². The van der Waals surface area contributed by atoms with Gasteiger partial charge in [0.05, 0.1) is 11.7 Å². The highest BCUT2D eigenvalue weighted by molar-refractivity contribution is 7.99. The van der Waals surface area contributed by atoms with Crippen molar-refractivity contribution in [2.45, 2.75) is 35.7 Å². The molecule has 0 fully saturated rings. The number of nitriles is 1.